The number of fused-ring (bicyclic) bond motifs is 1. The molecular weight excluding hydrogens is 354 g/mol. The molecule has 0 saturated heterocycles. The van der Waals surface area contributed by atoms with Gasteiger partial charge in [-0.25, -0.2) is 13.8 Å². The maximum absolute atomic E-state index is 13.5. The van der Waals surface area contributed by atoms with Crippen LogP contribution >= 0.6 is 23.1 Å². The van der Waals surface area contributed by atoms with E-state index in [1.165, 1.54) is 17.4 Å². The molecule has 0 fully saturated rings. The van der Waals surface area contributed by atoms with Gasteiger partial charge in [-0.1, -0.05) is 17.4 Å². The highest BCUT2D eigenvalue weighted by molar-refractivity contribution is 8.00. The van der Waals surface area contributed by atoms with Gasteiger partial charge in [-0.15, -0.1) is 11.8 Å². The van der Waals surface area contributed by atoms with Gasteiger partial charge in [0.05, 0.1) is 17.6 Å². The average Bonchev–Trinajstić information content (AvgIpc) is 2.96. The number of hydrogen-bond acceptors (Lipinski definition) is 5. The largest absolute Gasteiger partial charge is 0.494 e. The zero-order valence-electron chi connectivity index (χ0n) is 12.5. The Morgan fingerprint density at radius 3 is 2.92 bits per heavy atom. The van der Waals surface area contributed by atoms with E-state index in [-0.39, 0.29) is 16.6 Å². The van der Waals surface area contributed by atoms with Crippen LogP contribution in [0.5, 0.6) is 5.75 Å². The van der Waals surface area contributed by atoms with Gasteiger partial charge in [0.1, 0.15) is 22.9 Å². The second-order valence-electron chi connectivity index (χ2n) is 4.74. The van der Waals surface area contributed by atoms with E-state index >= 15 is 0 Å². The minimum atomic E-state index is -0.683. The summed E-state index contributed by atoms with van der Waals surface area (Å²) >= 11 is 2.32. The molecule has 4 nitrogen and oxygen atoms in total. The minimum absolute atomic E-state index is 0.00435. The zero-order valence-corrected chi connectivity index (χ0v) is 14.1. The molecule has 1 N–H and O–H groups in total. The number of aromatic nitrogens is 1. The van der Waals surface area contributed by atoms with E-state index in [0.29, 0.717) is 16.4 Å². The molecule has 0 bridgehead atoms. The molecule has 3 aromatic rings. The summed E-state index contributed by atoms with van der Waals surface area (Å²) in [6, 6.07) is 8.78. The van der Waals surface area contributed by atoms with E-state index in [0.717, 1.165) is 28.6 Å². The fourth-order valence-corrected chi connectivity index (χ4v) is 3.65. The highest BCUT2D eigenvalue weighted by Gasteiger charge is 2.12. The molecule has 0 spiro atoms. The van der Waals surface area contributed by atoms with Gasteiger partial charge in [-0.2, -0.15) is 0 Å². The molecule has 0 radical (unpaired) electrons. The summed E-state index contributed by atoms with van der Waals surface area (Å²) in [5, 5.41) is 3.12. The summed E-state index contributed by atoms with van der Waals surface area (Å²) in [5.41, 5.74) is 0.678. The van der Waals surface area contributed by atoms with Crippen LogP contribution in [0.2, 0.25) is 0 Å². The quantitative estimate of drug-likeness (QED) is 0.684. The number of anilines is 1. The molecule has 0 unspecified atom stereocenters. The number of carbonyl (C=O) groups is 1. The lowest BCUT2D eigenvalue weighted by Crippen LogP contribution is -2.13. The number of amides is 1. The fraction of sp³-hybridized carbons (Fsp3) is 0.125. The lowest BCUT2D eigenvalue weighted by Gasteiger charge is -2.03. The molecule has 0 atom stereocenters. The van der Waals surface area contributed by atoms with Crippen molar-refractivity contribution >= 4 is 44.4 Å². The summed E-state index contributed by atoms with van der Waals surface area (Å²) in [5.74, 6) is -1.02. The van der Waals surface area contributed by atoms with Crippen molar-refractivity contribution in [3.8, 4) is 5.75 Å². The molecule has 0 saturated carbocycles. The maximum atomic E-state index is 13.5. The van der Waals surface area contributed by atoms with Crippen molar-refractivity contribution in [2.24, 2.45) is 0 Å². The first-order valence-electron chi connectivity index (χ1n) is 6.88. The lowest BCUT2D eigenvalue weighted by molar-refractivity contribution is -0.113. The second-order valence-corrected chi connectivity index (χ2v) is 6.79. The monoisotopic (exact) mass is 366 g/mol. The van der Waals surface area contributed by atoms with Crippen LogP contribution in [-0.2, 0) is 4.79 Å². The third-order valence-corrected chi connectivity index (χ3v) is 5.09. The predicted molar refractivity (Wildman–Crippen MR) is 91.9 cm³/mol. The number of halogens is 2. The van der Waals surface area contributed by atoms with Crippen molar-refractivity contribution in [3.63, 3.8) is 0 Å². The maximum Gasteiger partial charge on any atom is 0.236 e. The highest BCUT2D eigenvalue weighted by atomic mass is 32.2. The molecular formula is C16H12F2N2O2S2. The Labute approximate surface area is 144 Å². The first-order valence-corrected chi connectivity index (χ1v) is 8.68. The van der Waals surface area contributed by atoms with Crippen LogP contribution in [0.3, 0.4) is 0 Å². The minimum Gasteiger partial charge on any atom is -0.494 e. The number of hydrogen-bond donors (Lipinski definition) is 1. The smallest absolute Gasteiger partial charge is 0.236 e. The topological polar surface area (TPSA) is 51.2 Å². The second kappa shape index (κ2) is 7.14. The molecule has 1 amide bonds. The van der Waals surface area contributed by atoms with E-state index < -0.39 is 11.6 Å². The zero-order chi connectivity index (χ0) is 17.1. The predicted octanol–water partition coefficient (Wildman–Crippen LogP) is 4.31. The Bertz CT molecular complexity index is 899. The Morgan fingerprint density at radius 2 is 2.17 bits per heavy atom. The third kappa shape index (κ3) is 3.65. The van der Waals surface area contributed by atoms with Gasteiger partial charge < -0.3 is 10.1 Å². The van der Waals surface area contributed by atoms with E-state index in [9.17, 15) is 13.6 Å². The molecule has 8 heteroatoms. The Hall–Kier alpha value is -2.19. The summed E-state index contributed by atoms with van der Waals surface area (Å²) < 4.78 is 32.5. The number of benzene rings is 2. The summed E-state index contributed by atoms with van der Waals surface area (Å²) in [6.45, 7) is 0. The standard InChI is InChI=1S/C16H12F2N2O2S2/c1-22-11-3-2-4-13-15(11)20-16(24-13)19-14(21)8-23-12-6-5-9(17)7-10(12)18/h2-7H,8H2,1H3,(H,19,20,21). The van der Waals surface area contributed by atoms with Crippen LogP contribution in [0.25, 0.3) is 10.2 Å². The highest BCUT2D eigenvalue weighted by Crippen LogP contribution is 2.32. The molecule has 0 aliphatic rings. The van der Waals surface area contributed by atoms with Crippen molar-refractivity contribution in [1.29, 1.82) is 0 Å². The Balaban J connectivity index is 1.66. The van der Waals surface area contributed by atoms with Crippen LogP contribution in [0.15, 0.2) is 41.3 Å². The third-order valence-electron chi connectivity index (χ3n) is 3.10. The first-order chi connectivity index (χ1) is 11.6. The van der Waals surface area contributed by atoms with Gasteiger partial charge in [-0.05, 0) is 24.3 Å². The van der Waals surface area contributed by atoms with E-state index in [2.05, 4.69) is 10.3 Å². The van der Waals surface area contributed by atoms with Crippen LogP contribution in [-0.4, -0.2) is 23.8 Å². The van der Waals surface area contributed by atoms with E-state index in [4.69, 9.17) is 4.74 Å². The van der Waals surface area contributed by atoms with Crippen LogP contribution in [0.4, 0.5) is 13.9 Å². The molecule has 1 heterocycles. The number of rotatable bonds is 5. The number of ether oxygens (including phenoxy) is 1. The van der Waals surface area contributed by atoms with E-state index in [1.807, 2.05) is 12.1 Å². The van der Waals surface area contributed by atoms with Gasteiger partial charge in [0.2, 0.25) is 5.91 Å². The van der Waals surface area contributed by atoms with Crippen molar-refractivity contribution in [2.75, 3.05) is 18.2 Å². The molecule has 2 aromatic carbocycles. The number of nitrogens with zero attached hydrogens (tertiary/aromatic N) is 1. The summed E-state index contributed by atoms with van der Waals surface area (Å²) in [7, 11) is 1.56. The number of thioether (sulfide) groups is 1. The molecule has 3 rings (SSSR count). The van der Waals surface area contributed by atoms with Gasteiger partial charge in [0.25, 0.3) is 0 Å². The number of carbonyl (C=O) groups excluding carboxylic acids is 1. The van der Waals surface area contributed by atoms with Crippen LogP contribution < -0.4 is 10.1 Å². The number of para-hydroxylation sites is 1. The first kappa shape index (κ1) is 16.7. The Kier molecular flexibility index (Phi) is 4.96. The van der Waals surface area contributed by atoms with Crippen molar-refractivity contribution in [2.45, 2.75) is 4.90 Å². The molecule has 1 aromatic heterocycles. The van der Waals surface area contributed by atoms with Gasteiger partial charge >= 0.3 is 0 Å². The molecule has 24 heavy (non-hydrogen) atoms. The normalized spacial score (nSPS) is 10.8. The summed E-state index contributed by atoms with van der Waals surface area (Å²) in [6.07, 6.45) is 0. The lowest BCUT2D eigenvalue weighted by atomic mass is 10.3. The van der Waals surface area contributed by atoms with Crippen LogP contribution in [0.1, 0.15) is 0 Å². The van der Waals surface area contributed by atoms with Gasteiger partial charge in [0, 0.05) is 11.0 Å². The van der Waals surface area contributed by atoms with Crippen LogP contribution in [0, 0.1) is 11.6 Å². The number of nitrogens with one attached hydrogen (secondary N) is 1. The molecule has 0 aliphatic heterocycles. The average molecular weight is 366 g/mol. The van der Waals surface area contributed by atoms with E-state index in [1.54, 1.807) is 13.2 Å². The van der Waals surface area contributed by atoms with Gasteiger partial charge in [-0.3, -0.25) is 4.79 Å². The number of methoxy groups -OCH3 is 1. The fourth-order valence-electron chi connectivity index (χ4n) is 2.03. The number of thiazole rings is 1. The molecule has 124 valence electrons. The molecule has 0 aliphatic carbocycles. The van der Waals surface area contributed by atoms with Crippen molar-refractivity contribution in [3.05, 3.63) is 48.0 Å². The summed E-state index contributed by atoms with van der Waals surface area (Å²) in [4.78, 5) is 16.6. The SMILES string of the molecule is COc1cccc2sc(NC(=O)CSc3ccc(F)cc3F)nc12. The Morgan fingerprint density at radius 1 is 1.33 bits per heavy atom. The van der Waals surface area contributed by atoms with Crippen molar-refractivity contribution in [1.82, 2.24) is 4.98 Å². The van der Waals surface area contributed by atoms with Crippen molar-refractivity contribution < 1.29 is 18.3 Å². The van der Waals surface area contributed by atoms with Gasteiger partial charge in [0.15, 0.2) is 5.13 Å².